The molecule has 0 bridgehead atoms. The summed E-state index contributed by atoms with van der Waals surface area (Å²) in [6.45, 7) is 4.49. The zero-order valence-electron chi connectivity index (χ0n) is 30.0. The molecule has 0 saturated carbocycles. The van der Waals surface area contributed by atoms with E-state index < -0.39 is 13.9 Å². The van der Waals surface area contributed by atoms with Gasteiger partial charge in [-0.1, -0.05) is 25.7 Å². The minimum atomic E-state index is -2.01. The van der Waals surface area contributed by atoms with Crippen LogP contribution in [0.5, 0.6) is 0 Å². The van der Waals surface area contributed by atoms with Gasteiger partial charge in [-0.25, -0.2) is 9.97 Å². The first kappa shape index (κ1) is 40.3. The molecule has 0 spiro atoms. The predicted molar refractivity (Wildman–Crippen MR) is 200 cm³/mol. The lowest BCUT2D eigenvalue weighted by Crippen LogP contribution is -2.36. The van der Waals surface area contributed by atoms with Crippen LogP contribution in [0.25, 0.3) is 11.2 Å². The van der Waals surface area contributed by atoms with Crippen molar-refractivity contribution in [3.63, 3.8) is 0 Å². The van der Waals surface area contributed by atoms with Crippen LogP contribution < -0.4 is 32.6 Å². The topological polar surface area (TPSA) is 236 Å². The number of nitrogens with zero attached hydrogens (tertiary/aromatic N) is 3. The molecular weight excluding hydrogens is 687 g/mol. The lowest BCUT2D eigenvalue weighted by atomic mass is 10.1. The maximum atomic E-state index is 12.7. The van der Waals surface area contributed by atoms with Gasteiger partial charge in [0.25, 0.3) is 11.5 Å². The average molecular weight is 740 g/mol. The fourth-order valence-electron chi connectivity index (χ4n) is 5.94. The number of hydrogen-bond donors (Lipinski definition) is 7. The number of nitrogens with two attached hydrogens (primary N) is 1. The molecule has 1 unspecified atom stereocenters. The summed E-state index contributed by atoms with van der Waals surface area (Å²) in [5.74, 6) is -0.377. The lowest BCUT2D eigenvalue weighted by Gasteiger charge is -2.29. The summed E-state index contributed by atoms with van der Waals surface area (Å²) in [7, 11) is -2.01. The highest BCUT2D eigenvalue weighted by Gasteiger charge is 2.31. The molecule has 0 radical (unpaired) electrons. The highest BCUT2D eigenvalue weighted by atomic mass is 28.4. The normalized spacial score (nSPS) is 14.4. The Balaban J connectivity index is 0.969. The molecule has 52 heavy (non-hydrogen) atoms. The van der Waals surface area contributed by atoms with Crippen LogP contribution in [0.4, 0.5) is 11.6 Å². The quantitative estimate of drug-likeness (QED) is 0.0581. The summed E-state index contributed by atoms with van der Waals surface area (Å²) < 4.78 is 11.0. The molecule has 3 aromatic rings. The minimum Gasteiger partial charge on any atom is -0.432 e. The Bertz CT molecular complexity index is 1650. The molecule has 8 N–H and O–H groups in total. The fraction of sp³-hybridized carbons (Fsp3) is 0.571. The molecule has 1 aliphatic heterocycles. The van der Waals surface area contributed by atoms with Crippen LogP contribution in [0.3, 0.4) is 0 Å². The molecule has 0 aliphatic carbocycles. The number of rotatable bonds is 22. The second kappa shape index (κ2) is 21.2. The van der Waals surface area contributed by atoms with Gasteiger partial charge in [-0.15, -0.1) is 0 Å². The number of carbonyl (C=O) groups is 3. The predicted octanol–water partition coefficient (Wildman–Crippen LogP) is 2.36. The van der Waals surface area contributed by atoms with Gasteiger partial charge in [0.05, 0.1) is 44.9 Å². The number of hydrogen-bond acceptors (Lipinski definition) is 12. The molecule has 2 aromatic heterocycles. The van der Waals surface area contributed by atoms with Crippen molar-refractivity contribution in [1.29, 1.82) is 0 Å². The van der Waals surface area contributed by atoms with Crippen molar-refractivity contribution in [1.82, 2.24) is 35.9 Å². The van der Waals surface area contributed by atoms with Gasteiger partial charge in [0.15, 0.2) is 19.5 Å². The number of fused-ring (bicyclic) bond motifs is 1. The summed E-state index contributed by atoms with van der Waals surface area (Å²) in [4.78, 5) is 74.5. The number of amides is 3. The smallest absolute Gasteiger partial charge is 0.280 e. The second-order valence-electron chi connectivity index (χ2n) is 13.2. The number of aromatic amines is 1. The van der Waals surface area contributed by atoms with Gasteiger partial charge in [0, 0.05) is 43.2 Å². The highest BCUT2D eigenvalue weighted by molar-refractivity contribution is 6.72. The number of unbranched alkanes of at least 4 members (excludes halogenated alkanes) is 1. The van der Waals surface area contributed by atoms with Crippen molar-refractivity contribution >= 4 is 48.8 Å². The van der Waals surface area contributed by atoms with Gasteiger partial charge in [-0.2, -0.15) is 4.98 Å². The standard InChI is InChI=1S/C35H53N9O7Si/c1-25(41-33(47)26-9-11-27(12-10-26)39-23-28-24-40-32-31(42-28)34(48)44-35(36)43-32)8-13-30(46)38-15-17-51-19-18-50-16-14-37-29(45)7-3-6-22-52(49)20-4-2-5-21-52/h9-12,24-25,39,49H,2-8,13-23H2,1H3,(H,37,45)(H,38,46)(H,41,47)(H3,36,40,43,44,48). The Hall–Kier alpha value is -4.45. The zero-order valence-corrected chi connectivity index (χ0v) is 31.0. The molecule has 17 heteroatoms. The fourth-order valence-corrected chi connectivity index (χ4v) is 9.41. The van der Waals surface area contributed by atoms with E-state index in [0.717, 1.165) is 49.5 Å². The van der Waals surface area contributed by atoms with E-state index in [4.69, 9.17) is 15.2 Å². The zero-order chi connectivity index (χ0) is 37.2. The number of anilines is 2. The molecule has 284 valence electrons. The maximum Gasteiger partial charge on any atom is 0.280 e. The summed E-state index contributed by atoms with van der Waals surface area (Å²) in [6, 6.07) is 9.66. The number of benzene rings is 1. The number of H-pyrrole nitrogens is 1. The first-order valence-corrected chi connectivity index (χ1v) is 20.7. The SMILES string of the molecule is CC(CCC(=O)NCCOCCOCCNC(=O)CCCC[Si]1(O)CCCCC1)NC(=O)c1ccc(NCc2cnc3nc(N)[nH]c(=O)c3n2)cc1. The van der Waals surface area contributed by atoms with Gasteiger partial charge in [-0.3, -0.25) is 24.2 Å². The molecule has 16 nitrogen and oxygen atoms in total. The van der Waals surface area contributed by atoms with Crippen molar-refractivity contribution < 1.29 is 28.7 Å². The molecule has 1 aromatic carbocycles. The van der Waals surface area contributed by atoms with Crippen LogP contribution in [-0.4, -0.2) is 96.3 Å². The van der Waals surface area contributed by atoms with Crippen molar-refractivity contribution in [2.75, 3.05) is 50.6 Å². The molecule has 1 fully saturated rings. The highest BCUT2D eigenvalue weighted by Crippen LogP contribution is 2.30. The second-order valence-corrected chi connectivity index (χ2v) is 17.2. The Kier molecular flexibility index (Phi) is 16.4. The molecule has 4 rings (SSSR count). The van der Waals surface area contributed by atoms with E-state index >= 15 is 0 Å². The van der Waals surface area contributed by atoms with E-state index in [2.05, 4.69) is 41.2 Å². The number of carbonyl (C=O) groups excluding carboxylic acids is 3. The molecule has 3 heterocycles. The molecular formula is C35H53N9O7Si. The van der Waals surface area contributed by atoms with E-state index in [-0.39, 0.29) is 47.3 Å². The first-order valence-electron chi connectivity index (χ1n) is 18.2. The van der Waals surface area contributed by atoms with E-state index in [1.807, 2.05) is 6.92 Å². The third-order valence-electron chi connectivity index (χ3n) is 8.88. The number of aromatic nitrogens is 4. The molecule has 1 atom stereocenters. The van der Waals surface area contributed by atoms with Crippen LogP contribution in [0, 0.1) is 0 Å². The van der Waals surface area contributed by atoms with Gasteiger partial charge < -0.3 is 41.3 Å². The van der Waals surface area contributed by atoms with Crippen LogP contribution in [-0.2, 0) is 25.6 Å². The third-order valence-corrected chi connectivity index (χ3v) is 12.7. The largest absolute Gasteiger partial charge is 0.432 e. The first-order chi connectivity index (χ1) is 25.1. The van der Waals surface area contributed by atoms with E-state index in [1.54, 1.807) is 24.3 Å². The minimum absolute atomic E-state index is 0.0158. The van der Waals surface area contributed by atoms with Crippen molar-refractivity contribution in [3.8, 4) is 0 Å². The summed E-state index contributed by atoms with van der Waals surface area (Å²) in [6.07, 6.45) is 8.02. The number of nitrogens with one attached hydrogen (secondary N) is 5. The summed E-state index contributed by atoms with van der Waals surface area (Å²) in [5.41, 5.74) is 7.11. The van der Waals surface area contributed by atoms with Crippen molar-refractivity contribution in [2.24, 2.45) is 0 Å². The van der Waals surface area contributed by atoms with Crippen molar-refractivity contribution in [3.05, 3.63) is 52.1 Å². The van der Waals surface area contributed by atoms with E-state index in [9.17, 15) is 24.0 Å². The molecule has 1 aliphatic rings. The van der Waals surface area contributed by atoms with E-state index in [1.165, 1.54) is 12.6 Å². The van der Waals surface area contributed by atoms with Crippen LogP contribution in [0.1, 0.15) is 74.3 Å². The lowest BCUT2D eigenvalue weighted by molar-refractivity contribution is -0.122. The third kappa shape index (κ3) is 14.3. The van der Waals surface area contributed by atoms with Crippen molar-refractivity contribution in [2.45, 2.75) is 89.0 Å². The Morgan fingerprint density at radius 3 is 2.31 bits per heavy atom. The molecule has 1 saturated heterocycles. The number of ether oxygens (including phenoxy) is 2. The van der Waals surface area contributed by atoms with E-state index in [0.29, 0.717) is 70.2 Å². The number of nitrogen functional groups attached to an aromatic ring is 1. The van der Waals surface area contributed by atoms with Crippen LogP contribution in [0.15, 0.2) is 35.3 Å². The Labute approximate surface area is 304 Å². The van der Waals surface area contributed by atoms with Crippen LogP contribution >= 0.6 is 0 Å². The Morgan fingerprint density at radius 1 is 0.942 bits per heavy atom. The maximum absolute atomic E-state index is 12.7. The Morgan fingerprint density at radius 2 is 1.62 bits per heavy atom. The van der Waals surface area contributed by atoms with Gasteiger partial charge >= 0.3 is 0 Å². The van der Waals surface area contributed by atoms with Gasteiger partial charge in [-0.05, 0) is 62.2 Å². The summed E-state index contributed by atoms with van der Waals surface area (Å²) >= 11 is 0. The van der Waals surface area contributed by atoms with Crippen LogP contribution in [0.2, 0.25) is 18.1 Å². The average Bonchev–Trinajstić information content (AvgIpc) is 3.13. The molecule has 3 amide bonds. The summed E-state index contributed by atoms with van der Waals surface area (Å²) in [5, 5.41) is 11.8. The monoisotopic (exact) mass is 739 g/mol. The van der Waals surface area contributed by atoms with Gasteiger partial charge in [0.1, 0.15) is 0 Å². The van der Waals surface area contributed by atoms with Gasteiger partial charge in [0.2, 0.25) is 17.8 Å².